The van der Waals surface area contributed by atoms with Gasteiger partial charge in [0.15, 0.2) is 5.13 Å². The van der Waals surface area contributed by atoms with Crippen LogP contribution in [0.4, 0.5) is 16.5 Å². The van der Waals surface area contributed by atoms with Crippen molar-refractivity contribution >= 4 is 67.0 Å². The maximum atomic E-state index is 13.4. The summed E-state index contributed by atoms with van der Waals surface area (Å²) in [4.78, 5) is 17.0. The second kappa shape index (κ2) is 11.3. The minimum absolute atomic E-state index is 0.0172. The van der Waals surface area contributed by atoms with E-state index in [1.165, 1.54) is 21.7 Å². The molecule has 0 aliphatic heterocycles. The number of ether oxygens (including phenoxy) is 1. The summed E-state index contributed by atoms with van der Waals surface area (Å²) in [5.41, 5.74) is 1.78. The number of aromatic nitrogens is 1. The molecule has 0 amide bonds. The fraction of sp³-hybridized carbons (Fsp3) is 0.120. The normalized spacial score (nSPS) is 11.2. The summed E-state index contributed by atoms with van der Waals surface area (Å²) >= 11 is 13.9. The van der Waals surface area contributed by atoms with Gasteiger partial charge < -0.3 is 10.1 Å². The Morgan fingerprint density at radius 3 is 2.36 bits per heavy atom. The molecule has 1 N–H and O–H groups in total. The van der Waals surface area contributed by atoms with Gasteiger partial charge in [-0.3, -0.25) is 4.31 Å². The van der Waals surface area contributed by atoms with Crippen molar-refractivity contribution in [3.05, 3.63) is 99.5 Å². The number of hydrogen-bond acceptors (Lipinski definition) is 7. The van der Waals surface area contributed by atoms with Crippen molar-refractivity contribution in [2.45, 2.75) is 18.4 Å². The van der Waals surface area contributed by atoms with E-state index in [2.05, 4.69) is 10.3 Å². The lowest BCUT2D eigenvalue weighted by Gasteiger charge is -2.23. The largest absolute Gasteiger partial charge is 0.456 e. The van der Waals surface area contributed by atoms with E-state index < -0.39 is 16.0 Å². The number of para-hydroxylation sites is 2. The smallest absolute Gasteiger partial charge is 0.340 e. The molecule has 0 unspecified atom stereocenters. The minimum Gasteiger partial charge on any atom is -0.456 e. The molecule has 0 spiro atoms. The van der Waals surface area contributed by atoms with Crippen molar-refractivity contribution in [1.29, 1.82) is 0 Å². The van der Waals surface area contributed by atoms with Gasteiger partial charge in [-0.25, -0.2) is 18.2 Å². The number of carbonyl (C=O) groups excluding carboxylic acids is 1. The fourth-order valence-electron chi connectivity index (χ4n) is 3.38. The molecule has 0 saturated carbocycles. The zero-order chi connectivity index (χ0) is 25.7. The number of nitrogens with one attached hydrogen (secondary N) is 1. The molecule has 0 bridgehead atoms. The SMILES string of the molecule is CCN(c1ccccc1)S(=O)(=O)c1cc(C(=O)OCc2csc(Nc3ccccc3)n2)c(Cl)cc1Cl. The van der Waals surface area contributed by atoms with Gasteiger partial charge in [-0.15, -0.1) is 11.3 Å². The van der Waals surface area contributed by atoms with Crippen LogP contribution in [0.15, 0.2) is 83.1 Å². The van der Waals surface area contributed by atoms with Gasteiger partial charge in [0.2, 0.25) is 0 Å². The average Bonchev–Trinajstić information content (AvgIpc) is 3.31. The molecule has 4 aromatic rings. The van der Waals surface area contributed by atoms with Gasteiger partial charge in [0, 0.05) is 17.6 Å². The number of esters is 1. The molecule has 186 valence electrons. The molecule has 3 aromatic carbocycles. The summed E-state index contributed by atoms with van der Waals surface area (Å²) in [5.74, 6) is -0.790. The Morgan fingerprint density at radius 2 is 1.69 bits per heavy atom. The van der Waals surface area contributed by atoms with Crippen LogP contribution in [0, 0.1) is 0 Å². The predicted molar refractivity (Wildman–Crippen MR) is 144 cm³/mol. The highest BCUT2D eigenvalue weighted by Gasteiger charge is 2.29. The third kappa shape index (κ3) is 5.82. The molecule has 0 radical (unpaired) electrons. The van der Waals surface area contributed by atoms with Gasteiger partial charge in [0.05, 0.1) is 27.0 Å². The molecular formula is C25H21Cl2N3O4S2. The van der Waals surface area contributed by atoms with E-state index in [1.807, 2.05) is 30.3 Å². The molecule has 7 nitrogen and oxygen atoms in total. The summed E-state index contributed by atoms with van der Waals surface area (Å²) in [5, 5.41) is 5.46. The number of nitrogens with zero attached hydrogens (tertiary/aromatic N) is 2. The summed E-state index contributed by atoms with van der Waals surface area (Å²) in [6, 6.07) is 20.5. The van der Waals surface area contributed by atoms with Crippen LogP contribution in [0.25, 0.3) is 0 Å². The highest BCUT2D eigenvalue weighted by molar-refractivity contribution is 7.93. The Bertz CT molecular complexity index is 1460. The first-order valence-corrected chi connectivity index (χ1v) is 13.9. The minimum atomic E-state index is -4.09. The number of carbonyl (C=O) groups is 1. The van der Waals surface area contributed by atoms with Crippen LogP contribution in [-0.2, 0) is 21.4 Å². The third-order valence-electron chi connectivity index (χ3n) is 5.07. The van der Waals surface area contributed by atoms with Crippen LogP contribution in [0.2, 0.25) is 10.0 Å². The van der Waals surface area contributed by atoms with Gasteiger partial charge >= 0.3 is 5.97 Å². The van der Waals surface area contributed by atoms with Crippen LogP contribution >= 0.6 is 34.5 Å². The summed E-state index contributed by atoms with van der Waals surface area (Å²) in [6.45, 7) is 1.75. The molecule has 36 heavy (non-hydrogen) atoms. The van der Waals surface area contributed by atoms with Gasteiger partial charge in [-0.2, -0.15) is 0 Å². The number of halogens is 2. The van der Waals surface area contributed by atoms with Crippen molar-refractivity contribution in [2.24, 2.45) is 0 Å². The summed E-state index contributed by atoms with van der Waals surface area (Å²) in [7, 11) is -4.09. The zero-order valence-corrected chi connectivity index (χ0v) is 22.2. The lowest BCUT2D eigenvalue weighted by molar-refractivity contribution is 0.0468. The van der Waals surface area contributed by atoms with E-state index in [1.54, 1.807) is 42.6 Å². The molecule has 0 saturated heterocycles. The molecule has 0 fully saturated rings. The first kappa shape index (κ1) is 26.0. The van der Waals surface area contributed by atoms with Crippen LogP contribution in [-0.4, -0.2) is 25.9 Å². The lowest BCUT2D eigenvalue weighted by atomic mass is 10.2. The van der Waals surface area contributed by atoms with Crippen LogP contribution < -0.4 is 9.62 Å². The second-order valence-electron chi connectivity index (χ2n) is 7.48. The second-order valence-corrected chi connectivity index (χ2v) is 11.0. The number of rotatable bonds is 9. The predicted octanol–water partition coefficient (Wildman–Crippen LogP) is 6.77. The monoisotopic (exact) mass is 561 g/mol. The van der Waals surface area contributed by atoms with E-state index >= 15 is 0 Å². The van der Waals surface area contributed by atoms with Crippen molar-refractivity contribution < 1.29 is 17.9 Å². The summed E-state index contributed by atoms with van der Waals surface area (Å²) < 4.78 is 33.4. The molecular weight excluding hydrogens is 541 g/mol. The molecule has 11 heteroatoms. The Balaban J connectivity index is 1.52. The van der Waals surface area contributed by atoms with Crippen molar-refractivity contribution in [2.75, 3.05) is 16.2 Å². The van der Waals surface area contributed by atoms with Crippen molar-refractivity contribution in [3.8, 4) is 0 Å². The lowest BCUT2D eigenvalue weighted by Crippen LogP contribution is -2.31. The molecule has 0 aliphatic carbocycles. The molecule has 1 heterocycles. The van der Waals surface area contributed by atoms with E-state index in [-0.39, 0.29) is 33.7 Å². The first-order valence-electron chi connectivity index (χ1n) is 10.8. The van der Waals surface area contributed by atoms with Gasteiger partial charge in [0.25, 0.3) is 10.0 Å². The third-order valence-corrected chi connectivity index (χ3v) is 8.56. The van der Waals surface area contributed by atoms with E-state index in [0.717, 1.165) is 11.8 Å². The Labute approximate surface area is 223 Å². The van der Waals surface area contributed by atoms with Crippen LogP contribution in [0.5, 0.6) is 0 Å². The zero-order valence-electron chi connectivity index (χ0n) is 19.0. The maximum Gasteiger partial charge on any atom is 0.340 e. The fourth-order valence-corrected chi connectivity index (χ4v) is 6.40. The Morgan fingerprint density at radius 1 is 1.03 bits per heavy atom. The van der Waals surface area contributed by atoms with Gasteiger partial charge in [-0.1, -0.05) is 59.6 Å². The number of sulfonamides is 1. The van der Waals surface area contributed by atoms with Crippen molar-refractivity contribution in [1.82, 2.24) is 4.98 Å². The Kier molecular flexibility index (Phi) is 8.15. The van der Waals surface area contributed by atoms with E-state index in [4.69, 9.17) is 27.9 Å². The van der Waals surface area contributed by atoms with Crippen LogP contribution in [0.1, 0.15) is 23.0 Å². The average molecular weight is 563 g/mol. The standard InChI is InChI=1S/C25H21Cl2N3O4S2/c1-2-30(19-11-7-4-8-12-19)36(32,33)23-13-20(21(26)14-22(23)27)24(31)34-15-18-16-35-25(29-18)28-17-9-5-3-6-10-17/h3-14,16H,2,15H2,1H3,(H,28,29). The topological polar surface area (TPSA) is 88.6 Å². The van der Waals surface area contributed by atoms with E-state index in [9.17, 15) is 13.2 Å². The Hall–Kier alpha value is -3.11. The highest BCUT2D eigenvalue weighted by Crippen LogP contribution is 2.33. The van der Waals surface area contributed by atoms with Crippen molar-refractivity contribution in [3.63, 3.8) is 0 Å². The molecule has 0 aliphatic rings. The first-order chi connectivity index (χ1) is 17.3. The quantitative estimate of drug-likeness (QED) is 0.227. The molecule has 4 rings (SSSR count). The number of benzene rings is 3. The summed E-state index contributed by atoms with van der Waals surface area (Å²) in [6.07, 6.45) is 0. The number of hydrogen-bond donors (Lipinski definition) is 1. The number of thiazole rings is 1. The van der Waals surface area contributed by atoms with Gasteiger partial charge in [0.1, 0.15) is 11.5 Å². The van der Waals surface area contributed by atoms with Crippen LogP contribution in [0.3, 0.4) is 0 Å². The molecule has 1 aromatic heterocycles. The maximum absolute atomic E-state index is 13.4. The van der Waals surface area contributed by atoms with E-state index in [0.29, 0.717) is 16.5 Å². The van der Waals surface area contributed by atoms with Gasteiger partial charge in [-0.05, 0) is 43.3 Å². The molecule has 0 atom stereocenters. The number of anilines is 3. The highest BCUT2D eigenvalue weighted by atomic mass is 35.5.